The van der Waals surface area contributed by atoms with Crippen molar-refractivity contribution in [2.75, 3.05) is 11.1 Å². The van der Waals surface area contributed by atoms with Crippen molar-refractivity contribution in [3.63, 3.8) is 0 Å². The molecule has 4 rings (SSSR count). The van der Waals surface area contributed by atoms with Gasteiger partial charge >= 0.3 is 0 Å². The molecule has 25 heavy (non-hydrogen) atoms. The van der Waals surface area contributed by atoms with Crippen LogP contribution in [0.3, 0.4) is 0 Å². The van der Waals surface area contributed by atoms with E-state index in [1.165, 1.54) is 10.7 Å². The van der Waals surface area contributed by atoms with Gasteiger partial charge in [-0.25, -0.2) is 14.2 Å². The number of nitrogens with two attached hydrogens (primary N) is 1. The number of amides is 1. The van der Waals surface area contributed by atoms with Gasteiger partial charge < -0.3 is 11.1 Å². The third-order valence-electron chi connectivity index (χ3n) is 3.77. The van der Waals surface area contributed by atoms with Crippen molar-refractivity contribution < 1.29 is 4.79 Å². The molecule has 0 atom stereocenters. The van der Waals surface area contributed by atoms with E-state index in [9.17, 15) is 4.79 Å². The number of aryl methyl sites for hydroxylation is 1. The average molecular weight is 333 g/mol. The molecule has 8 heteroatoms. The van der Waals surface area contributed by atoms with Gasteiger partial charge in [0.25, 0.3) is 5.91 Å². The summed E-state index contributed by atoms with van der Waals surface area (Å²) in [6.07, 6.45) is 4.75. The van der Waals surface area contributed by atoms with Gasteiger partial charge in [-0.2, -0.15) is 10.2 Å². The third kappa shape index (κ3) is 2.69. The number of nitrogens with zero attached hydrogens (tertiary/aromatic N) is 5. The number of hydrogen-bond donors (Lipinski definition) is 2. The van der Waals surface area contributed by atoms with E-state index < -0.39 is 0 Å². The SMILES string of the molecule is Cc1cccc(-n2nccc2NC(=O)c2cnn3ccc(N)nc23)c1. The number of carbonyl (C=O) groups excluding carboxylic acids is 1. The number of benzene rings is 1. The molecule has 4 aromatic rings. The smallest absolute Gasteiger partial charge is 0.262 e. The topological polar surface area (TPSA) is 103 Å². The van der Waals surface area contributed by atoms with Crippen LogP contribution < -0.4 is 11.1 Å². The second-order valence-electron chi connectivity index (χ2n) is 5.60. The van der Waals surface area contributed by atoms with E-state index in [2.05, 4.69) is 20.5 Å². The molecule has 0 bridgehead atoms. The van der Waals surface area contributed by atoms with E-state index in [1.54, 1.807) is 29.2 Å². The van der Waals surface area contributed by atoms with Crippen LogP contribution >= 0.6 is 0 Å². The summed E-state index contributed by atoms with van der Waals surface area (Å²) in [6.45, 7) is 2.00. The molecule has 0 fully saturated rings. The predicted octanol–water partition coefficient (Wildman–Crippen LogP) is 2.06. The fourth-order valence-corrected chi connectivity index (χ4v) is 2.59. The normalized spacial score (nSPS) is 10.9. The van der Waals surface area contributed by atoms with Crippen LogP contribution in [0.1, 0.15) is 15.9 Å². The molecule has 0 saturated heterocycles. The Kier molecular flexibility index (Phi) is 3.42. The molecule has 0 spiro atoms. The predicted molar refractivity (Wildman–Crippen MR) is 93.7 cm³/mol. The number of hydrogen-bond acceptors (Lipinski definition) is 5. The molecule has 1 amide bonds. The molecule has 8 nitrogen and oxygen atoms in total. The summed E-state index contributed by atoms with van der Waals surface area (Å²) in [7, 11) is 0. The Morgan fingerprint density at radius 1 is 1.20 bits per heavy atom. The van der Waals surface area contributed by atoms with E-state index in [0.29, 0.717) is 22.8 Å². The third-order valence-corrected chi connectivity index (χ3v) is 3.77. The molecule has 0 aliphatic carbocycles. The van der Waals surface area contributed by atoms with Gasteiger partial charge in [0.2, 0.25) is 0 Å². The fraction of sp³-hybridized carbons (Fsp3) is 0.0588. The second kappa shape index (κ2) is 5.75. The molecule has 0 aliphatic rings. The Bertz CT molecular complexity index is 1080. The van der Waals surface area contributed by atoms with E-state index in [0.717, 1.165) is 11.3 Å². The van der Waals surface area contributed by atoms with Crippen molar-refractivity contribution >= 4 is 23.2 Å². The van der Waals surface area contributed by atoms with E-state index in [-0.39, 0.29) is 5.91 Å². The monoisotopic (exact) mass is 333 g/mol. The molecule has 3 aromatic heterocycles. The van der Waals surface area contributed by atoms with E-state index >= 15 is 0 Å². The Morgan fingerprint density at radius 3 is 2.92 bits per heavy atom. The van der Waals surface area contributed by atoms with Crippen molar-refractivity contribution in [3.05, 3.63) is 66.1 Å². The Balaban J connectivity index is 1.68. The number of fused-ring (bicyclic) bond motifs is 1. The van der Waals surface area contributed by atoms with Crippen LogP contribution in [0.4, 0.5) is 11.6 Å². The molecule has 0 radical (unpaired) electrons. The van der Waals surface area contributed by atoms with Gasteiger partial charge in [0.05, 0.1) is 18.1 Å². The van der Waals surface area contributed by atoms with Crippen LogP contribution in [0.2, 0.25) is 0 Å². The summed E-state index contributed by atoms with van der Waals surface area (Å²) in [5.41, 5.74) is 8.41. The highest BCUT2D eigenvalue weighted by atomic mass is 16.1. The Labute approximate surface area is 142 Å². The number of rotatable bonds is 3. The number of anilines is 2. The number of carbonyl (C=O) groups is 1. The van der Waals surface area contributed by atoms with Crippen LogP contribution in [0, 0.1) is 6.92 Å². The van der Waals surface area contributed by atoms with Crippen molar-refractivity contribution in [1.29, 1.82) is 0 Å². The van der Waals surface area contributed by atoms with Crippen LogP contribution in [-0.2, 0) is 0 Å². The van der Waals surface area contributed by atoms with Gasteiger partial charge in [-0.05, 0) is 30.7 Å². The molecule has 0 unspecified atom stereocenters. The first-order chi connectivity index (χ1) is 12.1. The summed E-state index contributed by atoms with van der Waals surface area (Å²) < 4.78 is 3.17. The molecular formula is C17H15N7O. The van der Waals surface area contributed by atoms with Gasteiger partial charge in [0.15, 0.2) is 5.65 Å². The number of nitrogens with one attached hydrogen (secondary N) is 1. The van der Waals surface area contributed by atoms with Gasteiger partial charge in [0, 0.05) is 12.3 Å². The van der Waals surface area contributed by atoms with Crippen molar-refractivity contribution in [2.24, 2.45) is 0 Å². The standard InChI is InChI=1S/C17H15N7O/c1-11-3-2-4-12(9-11)24-15(5-7-19-24)22-17(25)13-10-20-23-8-6-14(18)21-16(13)23/h2-10H,1H3,(H2,18,21)(H,22,25). The molecule has 0 aliphatic heterocycles. The van der Waals surface area contributed by atoms with Crippen LogP contribution in [-0.4, -0.2) is 30.3 Å². The van der Waals surface area contributed by atoms with Crippen LogP contribution in [0.15, 0.2) is 55.0 Å². The zero-order valence-electron chi connectivity index (χ0n) is 13.4. The first-order valence-electron chi connectivity index (χ1n) is 7.64. The maximum Gasteiger partial charge on any atom is 0.262 e. The maximum atomic E-state index is 12.7. The number of nitrogen functional groups attached to an aromatic ring is 1. The minimum Gasteiger partial charge on any atom is -0.384 e. The van der Waals surface area contributed by atoms with Crippen LogP contribution in [0.25, 0.3) is 11.3 Å². The Morgan fingerprint density at radius 2 is 2.08 bits per heavy atom. The van der Waals surface area contributed by atoms with Crippen molar-refractivity contribution in [3.8, 4) is 5.69 Å². The minimum atomic E-state index is -0.331. The largest absolute Gasteiger partial charge is 0.384 e. The molecular weight excluding hydrogens is 318 g/mol. The lowest BCUT2D eigenvalue weighted by Crippen LogP contribution is -2.15. The zero-order valence-corrected chi connectivity index (χ0v) is 13.4. The molecule has 3 heterocycles. The lowest BCUT2D eigenvalue weighted by Gasteiger charge is -2.09. The van der Waals surface area contributed by atoms with Gasteiger partial charge in [0.1, 0.15) is 17.2 Å². The Hall–Kier alpha value is -3.68. The summed E-state index contributed by atoms with van der Waals surface area (Å²) >= 11 is 0. The van der Waals surface area contributed by atoms with Gasteiger partial charge in [-0.15, -0.1) is 0 Å². The number of aromatic nitrogens is 5. The first-order valence-corrected chi connectivity index (χ1v) is 7.64. The molecule has 1 aromatic carbocycles. The van der Waals surface area contributed by atoms with E-state index in [4.69, 9.17) is 5.73 Å². The highest BCUT2D eigenvalue weighted by molar-refractivity contribution is 6.07. The fourth-order valence-electron chi connectivity index (χ4n) is 2.59. The first kappa shape index (κ1) is 14.9. The average Bonchev–Trinajstić information content (AvgIpc) is 3.21. The zero-order chi connectivity index (χ0) is 17.4. The summed E-state index contributed by atoms with van der Waals surface area (Å²) in [5, 5.41) is 11.3. The van der Waals surface area contributed by atoms with Crippen molar-refractivity contribution in [2.45, 2.75) is 6.92 Å². The van der Waals surface area contributed by atoms with Crippen LogP contribution in [0.5, 0.6) is 0 Å². The second-order valence-corrected chi connectivity index (χ2v) is 5.60. The lowest BCUT2D eigenvalue weighted by atomic mass is 10.2. The molecule has 124 valence electrons. The molecule has 0 saturated carbocycles. The summed E-state index contributed by atoms with van der Waals surface area (Å²) in [5.74, 6) is 0.549. The maximum absolute atomic E-state index is 12.7. The summed E-state index contributed by atoms with van der Waals surface area (Å²) in [4.78, 5) is 16.8. The summed E-state index contributed by atoms with van der Waals surface area (Å²) in [6, 6.07) is 11.2. The molecule has 3 N–H and O–H groups in total. The lowest BCUT2D eigenvalue weighted by molar-refractivity contribution is 0.102. The van der Waals surface area contributed by atoms with Gasteiger partial charge in [-0.3, -0.25) is 4.79 Å². The quantitative estimate of drug-likeness (QED) is 0.597. The van der Waals surface area contributed by atoms with Gasteiger partial charge in [-0.1, -0.05) is 12.1 Å². The highest BCUT2D eigenvalue weighted by Crippen LogP contribution is 2.18. The van der Waals surface area contributed by atoms with E-state index in [1.807, 2.05) is 31.2 Å². The van der Waals surface area contributed by atoms with Crippen molar-refractivity contribution in [1.82, 2.24) is 24.4 Å². The highest BCUT2D eigenvalue weighted by Gasteiger charge is 2.16. The minimum absolute atomic E-state index is 0.326.